The van der Waals surface area contributed by atoms with Crippen LogP contribution >= 0.6 is 12.4 Å². The summed E-state index contributed by atoms with van der Waals surface area (Å²) in [6.07, 6.45) is 4.00. The highest BCUT2D eigenvalue weighted by Gasteiger charge is 2.26. The van der Waals surface area contributed by atoms with E-state index in [9.17, 15) is 0 Å². The number of rotatable bonds is 2. The fraction of sp³-hybridized carbons (Fsp3) is 0.400. The van der Waals surface area contributed by atoms with Crippen LogP contribution in [0.3, 0.4) is 0 Å². The van der Waals surface area contributed by atoms with Crippen LogP contribution in [0.5, 0.6) is 5.75 Å². The van der Waals surface area contributed by atoms with Crippen molar-refractivity contribution in [2.75, 3.05) is 7.11 Å². The van der Waals surface area contributed by atoms with E-state index < -0.39 is 5.66 Å². The number of benzene rings is 1. The topological polar surface area (TPSA) is 53.1 Å². The maximum atomic E-state index is 6.22. The molecule has 0 unspecified atom stereocenters. The fourth-order valence-corrected chi connectivity index (χ4v) is 2.68. The minimum Gasteiger partial charge on any atom is -0.497 e. The molecule has 0 radical (unpaired) electrons. The first-order valence-corrected chi connectivity index (χ1v) is 6.54. The summed E-state index contributed by atoms with van der Waals surface area (Å²) in [6, 6.07) is 6.23. The molecule has 1 aliphatic carbocycles. The number of methoxy groups -OCH3 is 1. The Kier molecular flexibility index (Phi) is 3.80. The first-order chi connectivity index (χ1) is 9.00. The maximum absolute atomic E-state index is 6.22. The van der Waals surface area contributed by atoms with Crippen LogP contribution in [0.15, 0.2) is 24.4 Å². The van der Waals surface area contributed by atoms with Gasteiger partial charge in [-0.05, 0) is 49.9 Å². The Hall–Kier alpha value is -1.52. The first-order valence-electron chi connectivity index (χ1n) is 6.54. The van der Waals surface area contributed by atoms with E-state index in [1.165, 1.54) is 16.7 Å². The molecule has 3 rings (SSSR count). The first kappa shape index (κ1) is 14.9. The van der Waals surface area contributed by atoms with Crippen LogP contribution in [-0.4, -0.2) is 16.9 Å². The van der Waals surface area contributed by atoms with Crippen LogP contribution in [0.1, 0.15) is 25.0 Å². The Morgan fingerprint density at radius 3 is 2.60 bits per heavy atom. The van der Waals surface area contributed by atoms with E-state index >= 15 is 0 Å². The quantitative estimate of drug-likeness (QED) is 0.926. The van der Waals surface area contributed by atoms with Gasteiger partial charge in [0.1, 0.15) is 11.4 Å². The number of hydrogen-bond acceptors (Lipinski definition) is 3. The van der Waals surface area contributed by atoms with Gasteiger partial charge in [-0.25, -0.2) is 4.68 Å². The van der Waals surface area contributed by atoms with Gasteiger partial charge in [0.15, 0.2) is 0 Å². The molecule has 1 heterocycles. The van der Waals surface area contributed by atoms with Crippen LogP contribution < -0.4 is 10.5 Å². The zero-order chi connectivity index (χ0) is 13.6. The Morgan fingerprint density at radius 2 is 1.95 bits per heavy atom. The van der Waals surface area contributed by atoms with Gasteiger partial charge in [-0.1, -0.05) is 6.07 Å². The highest BCUT2D eigenvalue weighted by atomic mass is 35.5. The van der Waals surface area contributed by atoms with Gasteiger partial charge in [0.05, 0.1) is 19.0 Å². The van der Waals surface area contributed by atoms with Crippen molar-refractivity contribution in [3.05, 3.63) is 35.5 Å². The average Bonchev–Trinajstić information content (AvgIpc) is 2.82. The van der Waals surface area contributed by atoms with E-state index in [2.05, 4.69) is 17.2 Å². The molecule has 1 aliphatic rings. The molecule has 20 heavy (non-hydrogen) atoms. The second kappa shape index (κ2) is 5.11. The normalized spacial score (nSPS) is 13.2. The molecule has 108 valence electrons. The standard InChI is InChI=1S/C15H19N3O.ClH/c1-15(2,16)18-14-11(9-17-18)5-4-10-6-7-12(19-3)8-13(10)14;/h6-9H,4-5,16H2,1-3H3;1H. The van der Waals surface area contributed by atoms with Crippen LogP contribution in [0.4, 0.5) is 0 Å². The third-order valence-electron chi connectivity index (χ3n) is 3.63. The molecule has 2 aromatic rings. The molecule has 0 aliphatic heterocycles. The van der Waals surface area contributed by atoms with E-state index in [-0.39, 0.29) is 12.4 Å². The Balaban J connectivity index is 0.00000147. The number of aryl methyl sites for hydroxylation is 2. The number of ether oxygens (including phenoxy) is 1. The largest absolute Gasteiger partial charge is 0.497 e. The molecule has 1 aromatic carbocycles. The molecular formula is C15H20ClN3O. The molecule has 0 atom stereocenters. The molecule has 0 saturated carbocycles. The minimum absolute atomic E-state index is 0. The third-order valence-corrected chi connectivity index (χ3v) is 3.63. The van der Waals surface area contributed by atoms with Crippen LogP contribution in [-0.2, 0) is 18.5 Å². The predicted octanol–water partition coefficient (Wildman–Crippen LogP) is 2.73. The molecule has 0 fully saturated rings. The molecule has 0 amide bonds. The lowest BCUT2D eigenvalue weighted by Gasteiger charge is -2.26. The van der Waals surface area contributed by atoms with Crippen molar-refractivity contribution in [1.29, 1.82) is 0 Å². The van der Waals surface area contributed by atoms with E-state index in [0.717, 1.165) is 24.3 Å². The molecule has 0 spiro atoms. The summed E-state index contributed by atoms with van der Waals surface area (Å²) in [5.41, 5.74) is 10.6. The second-order valence-electron chi connectivity index (χ2n) is 5.61. The number of nitrogens with zero attached hydrogens (tertiary/aromatic N) is 2. The van der Waals surface area contributed by atoms with Gasteiger partial charge in [-0.3, -0.25) is 0 Å². The van der Waals surface area contributed by atoms with Gasteiger partial charge in [0, 0.05) is 5.56 Å². The molecule has 0 bridgehead atoms. The van der Waals surface area contributed by atoms with Crippen molar-refractivity contribution in [3.8, 4) is 17.0 Å². The predicted molar refractivity (Wildman–Crippen MR) is 82.4 cm³/mol. The average molecular weight is 294 g/mol. The van der Waals surface area contributed by atoms with Crippen LogP contribution in [0, 0.1) is 0 Å². The highest BCUT2D eigenvalue weighted by Crippen LogP contribution is 2.37. The molecular weight excluding hydrogens is 274 g/mol. The summed E-state index contributed by atoms with van der Waals surface area (Å²) in [7, 11) is 1.69. The summed E-state index contributed by atoms with van der Waals surface area (Å²) < 4.78 is 7.25. The Bertz CT molecular complexity index is 629. The number of halogens is 1. The van der Waals surface area contributed by atoms with Gasteiger partial charge in [0.2, 0.25) is 0 Å². The molecule has 4 nitrogen and oxygen atoms in total. The Morgan fingerprint density at radius 1 is 1.25 bits per heavy atom. The summed E-state index contributed by atoms with van der Waals surface area (Å²) in [5, 5.41) is 4.47. The number of nitrogens with two attached hydrogens (primary N) is 1. The van der Waals surface area contributed by atoms with Crippen LogP contribution in [0.2, 0.25) is 0 Å². The van der Waals surface area contributed by atoms with E-state index in [4.69, 9.17) is 10.5 Å². The van der Waals surface area contributed by atoms with E-state index in [1.807, 2.05) is 30.8 Å². The van der Waals surface area contributed by atoms with E-state index in [0.29, 0.717) is 0 Å². The lowest BCUT2D eigenvalue weighted by molar-refractivity contribution is 0.336. The van der Waals surface area contributed by atoms with Crippen molar-refractivity contribution in [2.45, 2.75) is 32.4 Å². The van der Waals surface area contributed by atoms with Gasteiger partial charge in [-0.15, -0.1) is 12.4 Å². The van der Waals surface area contributed by atoms with Crippen molar-refractivity contribution in [1.82, 2.24) is 9.78 Å². The van der Waals surface area contributed by atoms with Gasteiger partial charge >= 0.3 is 0 Å². The monoisotopic (exact) mass is 293 g/mol. The van der Waals surface area contributed by atoms with Crippen molar-refractivity contribution < 1.29 is 4.74 Å². The summed E-state index contributed by atoms with van der Waals surface area (Å²) >= 11 is 0. The third kappa shape index (κ3) is 2.30. The summed E-state index contributed by atoms with van der Waals surface area (Å²) in [6.45, 7) is 3.93. The van der Waals surface area contributed by atoms with E-state index in [1.54, 1.807) is 7.11 Å². The smallest absolute Gasteiger partial charge is 0.119 e. The zero-order valence-electron chi connectivity index (χ0n) is 12.0. The second-order valence-corrected chi connectivity index (χ2v) is 5.61. The van der Waals surface area contributed by atoms with Gasteiger partial charge in [0.25, 0.3) is 0 Å². The van der Waals surface area contributed by atoms with Gasteiger partial charge in [-0.2, -0.15) is 5.10 Å². The highest BCUT2D eigenvalue weighted by molar-refractivity contribution is 5.85. The number of hydrogen-bond donors (Lipinski definition) is 1. The van der Waals surface area contributed by atoms with Crippen molar-refractivity contribution >= 4 is 12.4 Å². The SMILES string of the molecule is COc1ccc2c(c1)-c1c(cnn1C(C)(C)N)CC2.Cl. The summed E-state index contributed by atoms with van der Waals surface area (Å²) in [4.78, 5) is 0. The maximum Gasteiger partial charge on any atom is 0.119 e. The van der Waals surface area contributed by atoms with Crippen molar-refractivity contribution in [3.63, 3.8) is 0 Å². The molecule has 0 saturated heterocycles. The lowest BCUT2D eigenvalue weighted by atomic mass is 9.90. The molecule has 1 aromatic heterocycles. The van der Waals surface area contributed by atoms with Crippen molar-refractivity contribution in [2.24, 2.45) is 5.73 Å². The summed E-state index contributed by atoms with van der Waals surface area (Å²) in [5.74, 6) is 0.870. The van der Waals surface area contributed by atoms with Gasteiger partial charge < -0.3 is 10.5 Å². The zero-order valence-corrected chi connectivity index (χ0v) is 12.8. The minimum atomic E-state index is -0.509. The molecule has 5 heteroatoms. The number of aromatic nitrogens is 2. The lowest BCUT2D eigenvalue weighted by Crippen LogP contribution is -2.38. The van der Waals surface area contributed by atoms with Crippen LogP contribution in [0.25, 0.3) is 11.3 Å². The number of fused-ring (bicyclic) bond motifs is 3. The molecule has 2 N–H and O–H groups in total. The fourth-order valence-electron chi connectivity index (χ4n) is 2.68. The Labute approximate surface area is 125 Å².